The van der Waals surface area contributed by atoms with E-state index >= 15 is 0 Å². The van der Waals surface area contributed by atoms with E-state index in [1.807, 2.05) is 6.92 Å². The number of ether oxygens (including phenoxy) is 1. The van der Waals surface area contributed by atoms with E-state index in [1.54, 1.807) is 0 Å². The van der Waals surface area contributed by atoms with E-state index in [9.17, 15) is 0 Å². The number of rotatable bonds is 8. The molecule has 1 aliphatic rings. The van der Waals surface area contributed by atoms with E-state index in [-0.39, 0.29) is 0 Å². The number of nitrogens with two attached hydrogens (primary N) is 1. The fourth-order valence-corrected chi connectivity index (χ4v) is 2.49. The lowest BCUT2D eigenvalue weighted by Gasteiger charge is -2.19. The molecule has 15 heavy (non-hydrogen) atoms. The Kier molecular flexibility index (Phi) is 6.98. The van der Waals surface area contributed by atoms with Gasteiger partial charge in [-0.25, -0.2) is 0 Å². The molecule has 1 rings (SSSR count). The maximum absolute atomic E-state index is 5.57. The molecular weight excluding hydrogens is 188 g/mol. The van der Waals surface area contributed by atoms with Gasteiger partial charge in [0.15, 0.2) is 0 Å². The Balaban J connectivity index is 2.06. The molecule has 1 aliphatic carbocycles. The normalized spacial score (nSPS) is 19.6. The predicted molar refractivity (Wildman–Crippen MR) is 63.4 cm³/mol. The maximum atomic E-state index is 5.57. The third kappa shape index (κ3) is 5.50. The molecule has 0 aliphatic heterocycles. The van der Waals surface area contributed by atoms with E-state index in [0.717, 1.165) is 32.0 Å². The number of hydrazine groups is 1. The molecule has 0 heterocycles. The van der Waals surface area contributed by atoms with Crippen LogP contribution in [0.25, 0.3) is 0 Å². The molecule has 0 aromatic rings. The quantitative estimate of drug-likeness (QED) is 0.370. The first-order chi connectivity index (χ1) is 7.36. The van der Waals surface area contributed by atoms with Crippen LogP contribution in [-0.2, 0) is 4.74 Å². The first-order valence-electron chi connectivity index (χ1n) is 6.40. The number of nitrogens with one attached hydrogen (secondary N) is 1. The monoisotopic (exact) mass is 214 g/mol. The number of hydrogen-bond donors (Lipinski definition) is 2. The van der Waals surface area contributed by atoms with Gasteiger partial charge in [0.05, 0.1) is 0 Å². The molecular formula is C12H26N2O. The summed E-state index contributed by atoms with van der Waals surface area (Å²) in [5.74, 6) is 6.49. The lowest BCUT2D eigenvalue weighted by atomic mass is 9.96. The SMILES string of the molecule is CCOCCCC(CC1CCCC1)NN. The summed E-state index contributed by atoms with van der Waals surface area (Å²) in [5, 5.41) is 0. The summed E-state index contributed by atoms with van der Waals surface area (Å²) in [5.41, 5.74) is 2.95. The lowest BCUT2D eigenvalue weighted by Crippen LogP contribution is -2.36. The van der Waals surface area contributed by atoms with E-state index in [0.29, 0.717) is 6.04 Å². The van der Waals surface area contributed by atoms with Crippen molar-refractivity contribution < 1.29 is 4.74 Å². The summed E-state index contributed by atoms with van der Waals surface area (Å²) in [6, 6.07) is 0.494. The Hall–Kier alpha value is -0.120. The molecule has 0 radical (unpaired) electrons. The summed E-state index contributed by atoms with van der Waals surface area (Å²) < 4.78 is 5.33. The zero-order valence-electron chi connectivity index (χ0n) is 10.0. The molecule has 0 saturated heterocycles. The predicted octanol–water partition coefficient (Wildman–Crippen LogP) is 2.22. The highest BCUT2D eigenvalue weighted by atomic mass is 16.5. The van der Waals surface area contributed by atoms with Gasteiger partial charge in [-0.2, -0.15) is 0 Å². The molecule has 90 valence electrons. The smallest absolute Gasteiger partial charge is 0.0466 e. The van der Waals surface area contributed by atoms with Gasteiger partial charge in [-0.15, -0.1) is 0 Å². The van der Waals surface area contributed by atoms with Gasteiger partial charge in [0.1, 0.15) is 0 Å². The fraction of sp³-hybridized carbons (Fsp3) is 1.00. The second-order valence-corrected chi connectivity index (χ2v) is 4.59. The van der Waals surface area contributed by atoms with Crippen LogP contribution in [-0.4, -0.2) is 19.3 Å². The van der Waals surface area contributed by atoms with Gasteiger partial charge >= 0.3 is 0 Å². The van der Waals surface area contributed by atoms with Gasteiger partial charge < -0.3 is 4.74 Å². The van der Waals surface area contributed by atoms with Crippen LogP contribution >= 0.6 is 0 Å². The largest absolute Gasteiger partial charge is 0.382 e. The van der Waals surface area contributed by atoms with Gasteiger partial charge in [-0.3, -0.25) is 11.3 Å². The van der Waals surface area contributed by atoms with Crippen LogP contribution in [0, 0.1) is 5.92 Å². The molecule has 1 saturated carbocycles. The van der Waals surface area contributed by atoms with Gasteiger partial charge in [0.2, 0.25) is 0 Å². The van der Waals surface area contributed by atoms with Gasteiger partial charge in [-0.05, 0) is 32.1 Å². The third-order valence-corrected chi connectivity index (χ3v) is 3.37. The average molecular weight is 214 g/mol. The summed E-state index contributed by atoms with van der Waals surface area (Å²) in [6.45, 7) is 3.74. The second-order valence-electron chi connectivity index (χ2n) is 4.59. The van der Waals surface area contributed by atoms with Gasteiger partial charge in [-0.1, -0.05) is 25.7 Å². The van der Waals surface area contributed by atoms with Crippen LogP contribution in [0.15, 0.2) is 0 Å². The Morgan fingerprint density at radius 2 is 2.13 bits per heavy atom. The highest BCUT2D eigenvalue weighted by molar-refractivity contribution is 4.74. The fourth-order valence-electron chi connectivity index (χ4n) is 2.49. The standard InChI is InChI=1S/C12H26N2O/c1-2-15-9-5-8-12(14-13)10-11-6-3-4-7-11/h11-12,14H,2-10,13H2,1H3. The Morgan fingerprint density at radius 3 is 2.73 bits per heavy atom. The van der Waals surface area contributed by atoms with Crippen molar-refractivity contribution in [1.82, 2.24) is 5.43 Å². The summed E-state index contributed by atoms with van der Waals surface area (Å²) in [4.78, 5) is 0. The van der Waals surface area contributed by atoms with Crippen molar-refractivity contribution >= 4 is 0 Å². The van der Waals surface area contributed by atoms with E-state index in [1.165, 1.54) is 32.1 Å². The zero-order valence-corrected chi connectivity index (χ0v) is 10.0. The Labute approximate surface area is 93.7 Å². The minimum Gasteiger partial charge on any atom is -0.382 e. The van der Waals surface area contributed by atoms with Crippen molar-refractivity contribution in [2.24, 2.45) is 11.8 Å². The van der Waals surface area contributed by atoms with Crippen molar-refractivity contribution in [2.45, 2.75) is 57.9 Å². The molecule has 3 heteroatoms. The van der Waals surface area contributed by atoms with E-state index < -0.39 is 0 Å². The van der Waals surface area contributed by atoms with Crippen LogP contribution in [0.1, 0.15) is 51.9 Å². The highest BCUT2D eigenvalue weighted by Crippen LogP contribution is 2.29. The molecule has 0 amide bonds. The first-order valence-corrected chi connectivity index (χ1v) is 6.40. The molecule has 3 nitrogen and oxygen atoms in total. The van der Waals surface area contributed by atoms with Crippen molar-refractivity contribution in [3.8, 4) is 0 Å². The average Bonchev–Trinajstić information content (AvgIpc) is 2.75. The topological polar surface area (TPSA) is 47.3 Å². The number of hydrogen-bond acceptors (Lipinski definition) is 3. The van der Waals surface area contributed by atoms with E-state index in [2.05, 4.69) is 5.43 Å². The second kappa shape index (κ2) is 8.08. The van der Waals surface area contributed by atoms with Gasteiger partial charge in [0.25, 0.3) is 0 Å². The van der Waals surface area contributed by atoms with Crippen molar-refractivity contribution in [1.29, 1.82) is 0 Å². The van der Waals surface area contributed by atoms with Crippen LogP contribution in [0.4, 0.5) is 0 Å². The maximum Gasteiger partial charge on any atom is 0.0466 e. The van der Waals surface area contributed by atoms with Crippen LogP contribution in [0.5, 0.6) is 0 Å². The molecule has 3 N–H and O–H groups in total. The zero-order chi connectivity index (χ0) is 10.9. The highest BCUT2D eigenvalue weighted by Gasteiger charge is 2.19. The Morgan fingerprint density at radius 1 is 1.40 bits per heavy atom. The minimum atomic E-state index is 0.494. The van der Waals surface area contributed by atoms with E-state index in [4.69, 9.17) is 10.6 Å². The molecule has 1 unspecified atom stereocenters. The molecule has 0 aromatic carbocycles. The van der Waals surface area contributed by atoms with Crippen molar-refractivity contribution in [3.63, 3.8) is 0 Å². The third-order valence-electron chi connectivity index (χ3n) is 3.37. The van der Waals surface area contributed by atoms with Crippen molar-refractivity contribution in [3.05, 3.63) is 0 Å². The summed E-state index contributed by atoms with van der Waals surface area (Å²) in [6.07, 6.45) is 9.17. The first kappa shape index (κ1) is 12.9. The van der Waals surface area contributed by atoms with Crippen molar-refractivity contribution in [2.75, 3.05) is 13.2 Å². The van der Waals surface area contributed by atoms with Crippen LogP contribution < -0.4 is 11.3 Å². The van der Waals surface area contributed by atoms with Gasteiger partial charge in [0, 0.05) is 19.3 Å². The van der Waals surface area contributed by atoms with Crippen LogP contribution in [0.2, 0.25) is 0 Å². The lowest BCUT2D eigenvalue weighted by molar-refractivity contribution is 0.139. The molecule has 0 bridgehead atoms. The summed E-state index contributed by atoms with van der Waals surface area (Å²) >= 11 is 0. The van der Waals surface area contributed by atoms with Crippen LogP contribution in [0.3, 0.4) is 0 Å². The minimum absolute atomic E-state index is 0.494. The molecule has 0 aromatic heterocycles. The summed E-state index contributed by atoms with van der Waals surface area (Å²) in [7, 11) is 0. The molecule has 0 spiro atoms. The Bertz CT molecular complexity index is 147. The molecule has 1 fully saturated rings. The molecule has 1 atom stereocenters.